The van der Waals surface area contributed by atoms with E-state index < -0.39 is 17.5 Å². The molecule has 0 spiro atoms. The highest BCUT2D eigenvalue weighted by Gasteiger charge is 2.21. The van der Waals surface area contributed by atoms with Crippen molar-refractivity contribution in [2.24, 2.45) is 0 Å². The molecule has 2 aromatic heterocycles. The molecular weight excluding hydrogens is 448 g/mol. The number of aromatic nitrogens is 2. The molecule has 3 aromatic rings. The maximum Gasteiger partial charge on any atom is 0.288 e. The minimum atomic E-state index is -0.712. The number of nitrogens with one attached hydrogen (secondary N) is 2. The van der Waals surface area contributed by atoms with Crippen LogP contribution in [0.4, 0.5) is 8.78 Å². The van der Waals surface area contributed by atoms with E-state index in [-0.39, 0.29) is 36.1 Å². The minimum absolute atomic E-state index is 0.138. The molecule has 180 valence electrons. The van der Waals surface area contributed by atoms with Gasteiger partial charge >= 0.3 is 0 Å². The number of carbonyl (C=O) groups is 2. The quantitative estimate of drug-likeness (QED) is 0.531. The van der Waals surface area contributed by atoms with Gasteiger partial charge < -0.3 is 9.47 Å². The molecule has 9 nitrogen and oxygen atoms in total. The van der Waals surface area contributed by atoms with Crippen molar-refractivity contribution in [2.45, 2.75) is 20.5 Å². The van der Waals surface area contributed by atoms with Crippen LogP contribution in [-0.4, -0.2) is 58.9 Å². The van der Waals surface area contributed by atoms with E-state index in [1.165, 1.54) is 10.5 Å². The number of benzene rings is 1. The van der Waals surface area contributed by atoms with Crippen LogP contribution in [0.5, 0.6) is 5.75 Å². The lowest BCUT2D eigenvalue weighted by molar-refractivity contribution is -0.124. The molecule has 0 atom stereocenters. The van der Waals surface area contributed by atoms with Crippen molar-refractivity contribution in [1.29, 1.82) is 0 Å². The molecular formula is C23H25F2N5O4. The zero-order valence-electron chi connectivity index (χ0n) is 18.9. The smallest absolute Gasteiger partial charge is 0.288 e. The number of carbonyl (C=O) groups excluding carboxylic acids is 2. The predicted molar refractivity (Wildman–Crippen MR) is 118 cm³/mol. The molecule has 0 radical (unpaired) electrons. The lowest BCUT2D eigenvalue weighted by atomic mass is 10.2. The molecule has 4 rings (SSSR count). The van der Waals surface area contributed by atoms with Crippen molar-refractivity contribution in [1.82, 2.24) is 25.1 Å². The summed E-state index contributed by atoms with van der Waals surface area (Å²) in [6.45, 7) is 5.65. The molecule has 0 aliphatic carbocycles. The number of aryl methyl sites for hydroxylation is 2. The van der Waals surface area contributed by atoms with Crippen LogP contribution in [0.25, 0.3) is 5.65 Å². The Morgan fingerprint density at radius 1 is 1.15 bits per heavy atom. The van der Waals surface area contributed by atoms with Gasteiger partial charge in [-0.2, -0.15) is 0 Å². The van der Waals surface area contributed by atoms with Crippen molar-refractivity contribution >= 4 is 17.5 Å². The zero-order valence-corrected chi connectivity index (χ0v) is 18.9. The Balaban J connectivity index is 1.50. The Hall–Kier alpha value is -3.57. The fourth-order valence-electron chi connectivity index (χ4n) is 3.75. The number of nitrogens with zero attached hydrogens (tertiary/aromatic N) is 3. The average molecular weight is 473 g/mol. The third kappa shape index (κ3) is 5.15. The van der Waals surface area contributed by atoms with E-state index in [1.807, 2.05) is 4.90 Å². The second kappa shape index (κ2) is 10.1. The van der Waals surface area contributed by atoms with Crippen LogP contribution < -0.4 is 15.6 Å². The number of morpholine rings is 1. The van der Waals surface area contributed by atoms with Gasteiger partial charge in [-0.15, -0.1) is 0 Å². The number of hydrogen-bond donors (Lipinski definition) is 2. The summed E-state index contributed by atoms with van der Waals surface area (Å²) in [5, 5.41) is 0. The molecule has 11 heteroatoms. The minimum Gasteiger partial charge on any atom is -0.485 e. The van der Waals surface area contributed by atoms with E-state index in [4.69, 9.17) is 9.47 Å². The number of rotatable bonds is 6. The Morgan fingerprint density at radius 3 is 2.56 bits per heavy atom. The van der Waals surface area contributed by atoms with E-state index in [0.717, 1.165) is 17.7 Å². The second-order valence-corrected chi connectivity index (χ2v) is 8.00. The van der Waals surface area contributed by atoms with Gasteiger partial charge in [0.05, 0.1) is 31.0 Å². The first-order valence-electron chi connectivity index (χ1n) is 10.8. The number of hydrogen-bond acceptors (Lipinski definition) is 6. The van der Waals surface area contributed by atoms with Gasteiger partial charge in [0.1, 0.15) is 23.9 Å². The Labute approximate surface area is 194 Å². The first-order valence-corrected chi connectivity index (χ1v) is 10.8. The molecule has 1 saturated heterocycles. The molecule has 2 amide bonds. The van der Waals surface area contributed by atoms with Gasteiger partial charge in [0.2, 0.25) is 0 Å². The van der Waals surface area contributed by atoms with Gasteiger partial charge in [-0.05, 0) is 37.6 Å². The van der Waals surface area contributed by atoms with Crippen LogP contribution in [0.3, 0.4) is 0 Å². The number of amides is 2. The number of fused-ring (bicyclic) bond motifs is 1. The summed E-state index contributed by atoms with van der Waals surface area (Å²) >= 11 is 0. The van der Waals surface area contributed by atoms with Crippen LogP contribution in [0.2, 0.25) is 0 Å². The lowest BCUT2D eigenvalue weighted by Gasteiger charge is -2.25. The molecule has 2 N–H and O–H groups in total. The topological polar surface area (TPSA) is 97.2 Å². The first-order chi connectivity index (χ1) is 16.3. The maximum absolute atomic E-state index is 14.0. The Kier molecular flexibility index (Phi) is 7.03. The SMILES string of the molecule is Cc1cc(OCc2c(F)cccc2F)c2nc(C)c(C(=O)NNC(=O)CN3CCOCC3)n2c1. The van der Waals surface area contributed by atoms with E-state index >= 15 is 0 Å². The fourth-order valence-corrected chi connectivity index (χ4v) is 3.75. The standard InChI is InChI=1S/C23H25F2N5O4/c1-14-10-19(34-13-16-17(24)4-3-5-18(16)25)22-26-15(2)21(30(22)11-14)23(32)28-27-20(31)12-29-6-8-33-9-7-29/h3-5,10-11H,6-9,12-13H2,1-2H3,(H,27,31)(H,28,32). The summed E-state index contributed by atoms with van der Waals surface area (Å²) in [6, 6.07) is 5.26. The van der Waals surface area contributed by atoms with Gasteiger partial charge in [0.25, 0.3) is 11.8 Å². The van der Waals surface area contributed by atoms with Gasteiger partial charge in [0, 0.05) is 19.3 Å². The largest absolute Gasteiger partial charge is 0.485 e. The van der Waals surface area contributed by atoms with Crippen LogP contribution >= 0.6 is 0 Å². The maximum atomic E-state index is 14.0. The molecule has 0 saturated carbocycles. The number of pyridine rings is 1. The van der Waals surface area contributed by atoms with Crippen LogP contribution in [-0.2, 0) is 16.1 Å². The summed E-state index contributed by atoms with van der Waals surface area (Å²) < 4.78 is 40.4. The van der Waals surface area contributed by atoms with E-state index in [0.29, 0.717) is 37.6 Å². The molecule has 1 fully saturated rings. The second-order valence-electron chi connectivity index (χ2n) is 8.00. The molecule has 1 aliphatic heterocycles. The van der Waals surface area contributed by atoms with E-state index in [1.54, 1.807) is 26.1 Å². The highest BCUT2D eigenvalue weighted by atomic mass is 19.1. The van der Waals surface area contributed by atoms with E-state index in [2.05, 4.69) is 15.8 Å². The van der Waals surface area contributed by atoms with Crippen molar-refractivity contribution in [3.63, 3.8) is 0 Å². The molecule has 3 heterocycles. The number of ether oxygens (including phenoxy) is 2. The van der Waals surface area contributed by atoms with Crippen molar-refractivity contribution < 1.29 is 27.8 Å². The number of halogens is 2. The first kappa shape index (κ1) is 23.6. The summed E-state index contributed by atoms with van der Waals surface area (Å²) in [5.74, 6) is -2.07. The third-order valence-corrected chi connectivity index (χ3v) is 5.43. The van der Waals surface area contributed by atoms with Crippen LogP contribution in [0.1, 0.15) is 27.3 Å². The third-order valence-electron chi connectivity index (χ3n) is 5.43. The summed E-state index contributed by atoms with van der Waals surface area (Å²) in [6.07, 6.45) is 1.69. The Bertz CT molecular complexity index is 1200. The van der Waals surface area contributed by atoms with Crippen molar-refractivity contribution in [2.75, 3.05) is 32.8 Å². The van der Waals surface area contributed by atoms with Crippen LogP contribution in [0, 0.1) is 25.5 Å². The van der Waals surface area contributed by atoms with Gasteiger partial charge in [-0.1, -0.05) is 6.07 Å². The number of hydrazine groups is 1. The average Bonchev–Trinajstić information content (AvgIpc) is 3.13. The summed E-state index contributed by atoms with van der Waals surface area (Å²) in [7, 11) is 0. The number of imidazole rings is 1. The molecule has 1 aliphatic rings. The molecule has 0 unspecified atom stereocenters. The lowest BCUT2D eigenvalue weighted by Crippen LogP contribution is -2.48. The zero-order chi connectivity index (χ0) is 24.2. The highest BCUT2D eigenvalue weighted by molar-refractivity contribution is 5.96. The van der Waals surface area contributed by atoms with Crippen LogP contribution in [0.15, 0.2) is 30.5 Å². The van der Waals surface area contributed by atoms with E-state index in [9.17, 15) is 18.4 Å². The highest BCUT2D eigenvalue weighted by Crippen LogP contribution is 2.26. The summed E-state index contributed by atoms with van der Waals surface area (Å²) in [5.41, 5.74) is 6.28. The monoisotopic (exact) mass is 473 g/mol. The predicted octanol–water partition coefficient (Wildman–Crippen LogP) is 1.90. The van der Waals surface area contributed by atoms with Gasteiger partial charge in [-0.25, -0.2) is 13.8 Å². The van der Waals surface area contributed by atoms with Gasteiger partial charge in [-0.3, -0.25) is 29.7 Å². The Morgan fingerprint density at radius 2 is 1.85 bits per heavy atom. The van der Waals surface area contributed by atoms with Crippen molar-refractivity contribution in [3.8, 4) is 5.75 Å². The molecule has 34 heavy (non-hydrogen) atoms. The van der Waals surface area contributed by atoms with Gasteiger partial charge in [0.15, 0.2) is 11.4 Å². The van der Waals surface area contributed by atoms with Crippen molar-refractivity contribution in [3.05, 3.63) is 64.6 Å². The molecule has 1 aromatic carbocycles. The normalized spacial score (nSPS) is 14.2. The molecule has 0 bridgehead atoms. The summed E-state index contributed by atoms with van der Waals surface area (Å²) in [4.78, 5) is 31.4. The fraction of sp³-hybridized carbons (Fsp3) is 0.348.